The first-order valence-electron chi connectivity index (χ1n) is 4.97. The number of aliphatic carboxylic acids is 1. The Morgan fingerprint density at radius 3 is 2.94 bits per heavy atom. The van der Waals surface area contributed by atoms with Crippen molar-refractivity contribution in [3.8, 4) is 0 Å². The zero-order valence-electron chi connectivity index (χ0n) is 8.76. The van der Waals surface area contributed by atoms with E-state index >= 15 is 0 Å². The first kappa shape index (κ1) is 12.6. The molecule has 0 saturated heterocycles. The second-order valence-electron chi connectivity index (χ2n) is 3.43. The Kier molecular flexibility index (Phi) is 4.90. The van der Waals surface area contributed by atoms with Crippen molar-refractivity contribution in [3.05, 3.63) is 18.2 Å². The van der Waals surface area contributed by atoms with E-state index in [2.05, 4.69) is 15.3 Å². The van der Waals surface area contributed by atoms with E-state index < -0.39 is 18.2 Å². The summed E-state index contributed by atoms with van der Waals surface area (Å²) in [5, 5.41) is 21.0. The Morgan fingerprint density at radius 2 is 2.44 bits per heavy atom. The highest BCUT2D eigenvalue weighted by molar-refractivity contribution is 5.73. The standard InChI is InChI=1S/C9H16N4O3/c10-2-1-8(14)13-7(9(15)16)3-6-4-11-5-12-6/h4-5,7-8,13-14H,1-3,10H2,(H,11,12)(H,15,16)/t7?,8-/m1/s1. The van der Waals surface area contributed by atoms with E-state index in [0.717, 1.165) is 0 Å². The number of H-pyrrole nitrogens is 1. The van der Waals surface area contributed by atoms with E-state index in [9.17, 15) is 9.90 Å². The molecule has 1 unspecified atom stereocenters. The molecule has 1 rings (SSSR count). The van der Waals surface area contributed by atoms with E-state index in [1.807, 2.05) is 0 Å². The minimum absolute atomic E-state index is 0.233. The molecule has 0 bridgehead atoms. The Bertz CT molecular complexity index is 315. The number of hydrogen-bond acceptors (Lipinski definition) is 5. The summed E-state index contributed by atoms with van der Waals surface area (Å²) in [4.78, 5) is 17.5. The number of carboxylic acid groups (broad SMARTS) is 1. The molecule has 0 aliphatic heterocycles. The average Bonchev–Trinajstić information content (AvgIpc) is 2.69. The fraction of sp³-hybridized carbons (Fsp3) is 0.556. The molecule has 0 spiro atoms. The van der Waals surface area contributed by atoms with Crippen LogP contribution in [-0.2, 0) is 11.2 Å². The minimum Gasteiger partial charge on any atom is -0.480 e. The Morgan fingerprint density at radius 1 is 1.69 bits per heavy atom. The van der Waals surface area contributed by atoms with Crippen LogP contribution in [-0.4, -0.2) is 45.0 Å². The first-order chi connectivity index (χ1) is 7.63. The molecule has 16 heavy (non-hydrogen) atoms. The van der Waals surface area contributed by atoms with Crippen LogP contribution in [0.1, 0.15) is 12.1 Å². The zero-order valence-corrected chi connectivity index (χ0v) is 8.76. The van der Waals surface area contributed by atoms with Gasteiger partial charge >= 0.3 is 5.97 Å². The quantitative estimate of drug-likeness (QED) is 0.368. The number of carboxylic acids is 1. The summed E-state index contributed by atoms with van der Waals surface area (Å²) in [5.74, 6) is -1.02. The van der Waals surface area contributed by atoms with Gasteiger partial charge in [0.15, 0.2) is 0 Å². The maximum Gasteiger partial charge on any atom is 0.321 e. The Labute approximate surface area is 92.7 Å². The summed E-state index contributed by atoms with van der Waals surface area (Å²) in [6.07, 6.45) is 2.66. The van der Waals surface area contributed by atoms with Gasteiger partial charge in [0.2, 0.25) is 0 Å². The molecule has 0 fully saturated rings. The Hall–Kier alpha value is -1.44. The van der Waals surface area contributed by atoms with Gasteiger partial charge in [0.1, 0.15) is 12.3 Å². The maximum absolute atomic E-state index is 10.9. The van der Waals surface area contributed by atoms with Crippen LogP contribution < -0.4 is 11.1 Å². The molecule has 2 atom stereocenters. The predicted octanol–water partition coefficient (Wildman–Crippen LogP) is -1.34. The summed E-state index contributed by atoms with van der Waals surface area (Å²) in [6.45, 7) is 0.296. The number of nitrogens with two attached hydrogens (primary N) is 1. The van der Waals surface area contributed by atoms with Gasteiger partial charge in [-0.2, -0.15) is 0 Å². The highest BCUT2D eigenvalue weighted by Crippen LogP contribution is 2.00. The highest BCUT2D eigenvalue weighted by atomic mass is 16.4. The van der Waals surface area contributed by atoms with Crippen LogP contribution in [0.3, 0.4) is 0 Å². The smallest absolute Gasteiger partial charge is 0.321 e. The first-order valence-corrected chi connectivity index (χ1v) is 4.97. The van der Waals surface area contributed by atoms with Gasteiger partial charge in [0, 0.05) is 18.3 Å². The van der Waals surface area contributed by atoms with Crippen molar-refractivity contribution in [2.75, 3.05) is 6.54 Å². The van der Waals surface area contributed by atoms with Crippen LogP contribution in [0.2, 0.25) is 0 Å². The lowest BCUT2D eigenvalue weighted by molar-refractivity contribution is -0.140. The van der Waals surface area contributed by atoms with E-state index in [0.29, 0.717) is 18.7 Å². The summed E-state index contributed by atoms with van der Waals surface area (Å²) >= 11 is 0. The van der Waals surface area contributed by atoms with Crippen molar-refractivity contribution >= 4 is 5.97 Å². The number of aromatic amines is 1. The number of nitrogens with one attached hydrogen (secondary N) is 2. The lowest BCUT2D eigenvalue weighted by atomic mass is 10.1. The molecular formula is C9H16N4O3. The van der Waals surface area contributed by atoms with E-state index in [-0.39, 0.29) is 6.42 Å². The van der Waals surface area contributed by atoms with Crippen LogP contribution in [0.4, 0.5) is 0 Å². The third-order valence-corrected chi connectivity index (χ3v) is 2.11. The zero-order chi connectivity index (χ0) is 12.0. The SMILES string of the molecule is NCC[C@@H](O)NC(Cc1cnc[nH]1)C(=O)O. The highest BCUT2D eigenvalue weighted by Gasteiger charge is 2.20. The van der Waals surface area contributed by atoms with Crippen LogP contribution in [0.15, 0.2) is 12.5 Å². The van der Waals surface area contributed by atoms with Crippen molar-refractivity contribution in [2.24, 2.45) is 5.73 Å². The number of imidazole rings is 1. The van der Waals surface area contributed by atoms with Crippen LogP contribution >= 0.6 is 0 Å². The topological polar surface area (TPSA) is 124 Å². The molecule has 7 heteroatoms. The number of rotatable bonds is 7. The van der Waals surface area contributed by atoms with Crippen LogP contribution in [0, 0.1) is 0 Å². The van der Waals surface area contributed by atoms with E-state index in [4.69, 9.17) is 10.8 Å². The fourth-order valence-corrected chi connectivity index (χ4v) is 1.31. The van der Waals surface area contributed by atoms with Gasteiger partial charge in [-0.05, 0) is 13.0 Å². The number of nitrogens with zero attached hydrogens (tertiary/aromatic N) is 1. The molecular weight excluding hydrogens is 212 g/mol. The number of aliphatic hydroxyl groups excluding tert-OH is 1. The molecule has 0 aliphatic carbocycles. The second kappa shape index (κ2) is 6.21. The largest absolute Gasteiger partial charge is 0.480 e. The number of carbonyl (C=O) groups is 1. The lowest BCUT2D eigenvalue weighted by Gasteiger charge is -2.18. The van der Waals surface area contributed by atoms with Crippen molar-refractivity contribution in [3.63, 3.8) is 0 Å². The third-order valence-electron chi connectivity index (χ3n) is 2.11. The van der Waals surface area contributed by atoms with Gasteiger partial charge in [0.25, 0.3) is 0 Å². The molecule has 90 valence electrons. The van der Waals surface area contributed by atoms with Gasteiger partial charge in [-0.1, -0.05) is 0 Å². The molecule has 0 amide bonds. The number of aliphatic hydroxyl groups is 1. The fourth-order valence-electron chi connectivity index (χ4n) is 1.31. The van der Waals surface area contributed by atoms with Crippen molar-refractivity contribution in [2.45, 2.75) is 25.1 Å². The molecule has 1 aromatic heterocycles. The molecule has 0 saturated carbocycles. The average molecular weight is 228 g/mol. The van der Waals surface area contributed by atoms with Gasteiger partial charge in [-0.25, -0.2) is 4.98 Å². The van der Waals surface area contributed by atoms with Crippen molar-refractivity contribution in [1.82, 2.24) is 15.3 Å². The van der Waals surface area contributed by atoms with Gasteiger partial charge in [0.05, 0.1) is 6.33 Å². The molecule has 7 nitrogen and oxygen atoms in total. The monoisotopic (exact) mass is 228 g/mol. The third kappa shape index (κ3) is 3.97. The van der Waals surface area contributed by atoms with Gasteiger partial charge in [-0.3, -0.25) is 10.1 Å². The molecule has 0 aromatic carbocycles. The molecule has 1 aromatic rings. The van der Waals surface area contributed by atoms with Gasteiger partial charge in [-0.15, -0.1) is 0 Å². The van der Waals surface area contributed by atoms with E-state index in [1.54, 1.807) is 6.20 Å². The number of aromatic nitrogens is 2. The van der Waals surface area contributed by atoms with Crippen molar-refractivity contribution < 1.29 is 15.0 Å². The van der Waals surface area contributed by atoms with Crippen LogP contribution in [0.5, 0.6) is 0 Å². The molecule has 0 aliphatic rings. The van der Waals surface area contributed by atoms with Crippen LogP contribution in [0.25, 0.3) is 0 Å². The van der Waals surface area contributed by atoms with Crippen molar-refractivity contribution in [1.29, 1.82) is 0 Å². The Balaban J connectivity index is 2.51. The summed E-state index contributed by atoms with van der Waals surface area (Å²) in [6, 6.07) is -0.859. The summed E-state index contributed by atoms with van der Waals surface area (Å²) < 4.78 is 0. The van der Waals surface area contributed by atoms with Gasteiger partial charge < -0.3 is 20.9 Å². The maximum atomic E-state index is 10.9. The lowest BCUT2D eigenvalue weighted by Crippen LogP contribution is -2.45. The second-order valence-corrected chi connectivity index (χ2v) is 3.43. The number of hydrogen-bond donors (Lipinski definition) is 5. The molecule has 6 N–H and O–H groups in total. The molecule has 1 heterocycles. The normalized spacial score (nSPS) is 14.6. The molecule has 0 radical (unpaired) electrons. The summed E-state index contributed by atoms with van der Waals surface area (Å²) in [5.41, 5.74) is 5.95. The summed E-state index contributed by atoms with van der Waals surface area (Å²) in [7, 11) is 0. The predicted molar refractivity (Wildman–Crippen MR) is 56.5 cm³/mol. The van der Waals surface area contributed by atoms with E-state index in [1.165, 1.54) is 6.33 Å². The minimum atomic E-state index is -1.02.